The average molecular weight is 226 g/mol. The molecule has 0 bridgehead atoms. The van der Waals surface area contributed by atoms with Gasteiger partial charge in [0.1, 0.15) is 0 Å². The molecule has 0 heterocycles. The van der Waals surface area contributed by atoms with Crippen molar-refractivity contribution in [3.05, 3.63) is 24.8 Å². The molecule has 13 heteroatoms. The molecule has 0 fully saturated rings. The van der Waals surface area contributed by atoms with E-state index in [1.54, 1.807) is 0 Å². The van der Waals surface area contributed by atoms with Crippen molar-refractivity contribution >= 4 is 0 Å². The van der Waals surface area contributed by atoms with Crippen LogP contribution in [0.1, 0.15) is 2.85 Å². The smallest absolute Gasteiger partial charge is 0.457 e. The standard InChI is InChI=1S/3O2.7H2O/c3*1-2;;;;;;;/h;;;7*1H2/p+4. The van der Waals surface area contributed by atoms with Gasteiger partial charge in [-0.3, -0.25) is 0 Å². The Morgan fingerprint density at radius 3 is 0.538 bits per heavy atom. The Balaban J connectivity index is -0.000000000692. The van der Waals surface area contributed by atoms with Crippen molar-refractivity contribution in [1.82, 2.24) is 0 Å². The van der Waals surface area contributed by atoms with Crippen LogP contribution >= 0.6 is 0 Å². The maximum absolute atomic E-state index is 7.25. The molecule has 13 nitrogen and oxygen atoms in total. The van der Waals surface area contributed by atoms with Crippen molar-refractivity contribution in [3.8, 4) is 0 Å². The van der Waals surface area contributed by atoms with Gasteiger partial charge < -0.3 is 38.3 Å². The molecule has 0 radical (unpaired) electrons. The van der Waals surface area contributed by atoms with Gasteiger partial charge in [0.25, 0.3) is 0 Å². The summed E-state index contributed by atoms with van der Waals surface area (Å²) >= 11 is 0. The lowest BCUT2D eigenvalue weighted by Gasteiger charge is -0.707. The van der Waals surface area contributed by atoms with E-state index < -0.39 is 0 Å². The van der Waals surface area contributed by atoms with Crippen LogP contribution in [0.3, 0.4) is 0 Å². The van der Waals surface area contributed by atoms with Crippen LogP contribution in [-0.2, 0) is 5.48 Å². The Bertz CT molecular complexity index is 13.3. The van der Waals surface area contributed by atoms with Crippen LogP contribution in [0.15, 0.2) is 0 Å². The van der Waals surface area contributed by atoms with Crippen LogP contribution in [0.5, 0.6) is 0 Å². The summed E-state index contributed by atoms with van der Waals surface area (Å²) in [6.07, 6.45) is 0. The van der Waals surface area contributed by atoms with E-state index in [0.29, 0.717) is 0 Å². The molecule has 0 amide bonds. The van der Waals surface area contributed by atoms with E-state index in [1.807, 2.05) is 0 Å². The van der Waals surface area contributed by atoms with Gasteiger partial charge in [-0.05, 0) is 0 Å². The lowest BCUT2D eigenvalue weighted by Crippen LogP contribution is -0.853. The minimum absolute atomic E-state index is 0. The third-order valence-electron chi connectivity index (χ3n) is 0. The highest BCUT2D eigenvalue weighted by atomic mass is 16.7. The first-order chi connectivity index (χ1) is 3.00. The predicted molar refractivity (Wildman–Crippen MR) is 47.5 cm³/mol. The fourth-order valence-corrected chi connectivity index (χ4v) is 0. The van der Waals surface area contributed by atoms with Gasteiger partial charge in [0.05, 0.1) is 0 Å². The van der Waals surface area contributed by atoms with Crippen LogP contribution in [0.2, 0.25) is 0 Å². The molecule has 0 aromatic rings. The quantitative estimate of drug-likeness (QED) is 0.363. The maximum atomic E-state index is 7.25. The topological polar surface area (TPSA) is 329 Å². The van der Waals surface area contributed by atoms with Gasteiger partial charge in [-0.25, -0.2) is 0 Å². The zero-order valence-corrected chi connectivity index (χ0v) is 6.07. The van der Waals surface area contributed by atoms with Crippen LogP contribution in [-0.4, -0.2) is 37.8 Å². The zero-order valence-electron chi connectivity index (χ0n) is 8.07. The summed E-state index contributed by atoms with van der Waals surface area (Å²) in [6.45, 7) is 0. The predicted octanol–water partition coefficient (Wildman–Crippen LogP) is -5.65. The first kappa shape index (κ1) is 552. The van der Waals surface area contributed by atoms with Crippen molar-refractivity contribution in [2.75, 3.05) is 0 Å². The van der Waals surface area contributed by atoms with Gasteiger partial charge in [0.2, 0.25) is 4.96 Å². The van der Waals surface area contributed by atoms with Gasteiger partial charge in [-0.1, -0.05) is 0 Å². The highest BCUT2D eigenvalue weighted by Crippen LogP contribution is 0.743. The summed E-state index contributed by atoms with van der Waals surface area (Å²) in [6, 6.07) is 0. The van der Waals surface area contributed by atoms with Gasteiger partial charge >= 0.3 is 2.85 Å². The Hall–Kier alpha value is -1.48. The normalized spacial score (nSPS) is 0.923. The molecule has 0 saturated heterocycles. The molecule has 13 heavy (non-hydrogen) atoms. The second kappa shape index (κ2) is 435. The Morgan fingerprint density at radius 1 is 0.538 bits per heavy atom. The molecule has 0 aromatic heterocycles. The first-order valence-electron chi connectivity index (χ1n) is 0.516. The Kier molecular flexibility index (Phi) is 18500. The highest BCUT2D eigenvalue weighted by molar-refractivity contribution is 4.08. The molecular weight excluding hydrogens is 208 g/mol. The van der Waals surface area contributed by atoms with Crippen molar-refractivity contribution < 1.29 is 46.2 Å². The summed E-state index contributed by atoms with van der Waals surface area (Å²) in [4.78, 5) is 41.0. The van der Waals surface area contributed by atoms with E-state index in [9.17, 15) is 0 Å². The van der Waals surface area contributed by atoms with Crippen LogP contribution in [0, 0.1) is 24.8 Å². The molecule has 0 unspecified atom stereocenters. The lowest BCUT2D eigenvalue weighted by molar-refractivity contribution is 0.640. The summed E-state index contributed by atoms with van der Waals surface area (Å²) in [5.74, 6) is 0. The highest BCUT2D eigenvalue weighted by Gasteiger charge is 0.819. The molecule has 0 aromatic carbocycles. The molecule has 0 aliphatic rings. The molecular formula is H18O13+4. The average Bonchev–Trinajstić information content (AvgIpc) is 1.81. The van der Waals surface area contributed by atoms with Gasteiger partial charge in [-0.15, -0.1) is 0 Å². The molecule has 0 aliphatic carbocycles. The lowest BCUT2D eigenvalue weighted by atomic mass is 15.3. The van der Waals surface area contributed by atoms with Crippen molar-refractivity contribution in [3.63, 3.8) is 0 Å². The largest absolute Gasteiger partial charge is 1.00 e. The van der Waals surface area contributed by atoms with Crippen LogP contribution < -0.4 is 0 Å². The summed E-state index contributed by atoms with van der Waals surface area (Å²) < 4.78 is 0. The third-order valence-corrected chi connectivity index (χ3v) is 0. The minimum Gasteiger partial charge on any atom is -0.457 e. The summed E-state index contributed by atoms with van der Waals surface area (Å²) in [5, 5.41) is 0. The molecule has 0 atom stereocenters. The third kappa shape index (κ3) is 349. The van der Waals surface area contributed by atoms with Crippen LogP contribution in [0.25, 0.3) is 0 Å². The van der Waals surface area contributed by atoms with E-state index >= 15 is 0 Å². The van der Waals surface area contributed by atoms with Crippen molar-refractivity contribution in [2.24, 2.45) is 0 Å². The second-order valence-electron chi connectivity index (χ2n) is 0. The molecule has 0 aliphatic heterocycles. The van der Waals surface area contributed by atoms with Crippen LogP contribution in [0.4, 0.5) is 0 Å². The first-order valence-corrected chi connectivity index (χ1v) is 0.516. The number of hydrogen-bond acceptors (Lipinski definition) is 5. The zero-order chi connectivity index (χ0) is 6.00. The SMILES string of the molecule is O.O.O.O.O.O.O=O.O=O.O=[OH+].[H+].[H+].[OH3+]. The monoisotopic (exact) mass is 226 g/mol. The van der Waals surface area contributed by atoms with E-state index in [1.165, 1.54) is 0 Å². The summed E-state index contributed by atoms with van der Waals surface area (Å²) in [7, 11) is 0. The molecule has 92 valence electrons. The van der Waals surface area contributed by atoms with Crippen molar-refractivity contribution in [2.45, 2.75) is 0 Å². The van der Waals surface area contributed by atoms with E-state index in [2.05, 4.69) is 0 Å². The molecule has 0 spiro atoms. The van der Waals surface area contributed by atoms with E-state index in [0.717, 1.165) is 0 Å². The Morgan fingerprint density at radius 2 is 0.538 bits per heavy atom. The fourth-order valence-electron chi connectivity index (χ4n) is 0. The molecule has 16 N–H and O–H groups in total. The van der Waals surface area contributed by atoms with Crippen molar-refractivity contribution in [1.29, 1.82) is 0 Å². The second-order valence-corrected chi connectivity index (χ2v) is 0. The Labute approximate surface area is 72.5 Å². The summed E-state index contributed by atoms with van der Waals surface area (Å²) in [5.41, 5.74) is 0. The van der Waals surface area contributed by atoms with E-state index in [-0.39, 0.29) is 41.2 Å². The van der Waals surface area contributed by atoms with Gasteiger partial charge in [0, 0.05) is 24.8 Å². The maximum Gasteiger partial charge on any atom is 1.00 e. The van der Waals surface area contributed by atoms with Gasteiger partial charge in [0.15, 0.2) is 0 Å². The number of rotatable bonds is 0. The van der Waals surface area contributed by atoms with E-state index in [4.69, 9.17) is 29.8 Å². The minimum atomic E-state index is 0. The molecule has 0 rings (SSSR count). The van der Waals surface area contributed by atoms with Gasteiger partial charge in [-0.2, -0.15) is 0 Å². The number of hydrogen-bond donors (Lipinski definition) is 0. The molecule has 0 saturated carbocycles. The fraction of sp³-hybridized carbons (Fsp3) is 0.